The minimum Gasteiger partial charge on any atom is -0.464 e. The zero-order valence-electron chi connectivity index (χ0n) is 17.0. The van der Waals surface area contributed by atoms with Crippen LogP contribution in [0.3, 0.4) is 0 Å². The normalized spacial score (nSPS) is 13.2. The average molecular weight is 452 g/mol. The first-order valence-electron chi connectivity index (χ1n) is 9.98. The van der Waals surface area contributed by atoms with E-state index >= 15 is 0 Å². The lowest BCUT2D eigenvalue weighted by molar-refractivity contribution is -0.0498. The molecule has 0 saturated carbocycles. The molecule has 1 aliphatic heterocycles. The molecular weight excluding hydrogens is 434 g/mol. The fourth-order valence-corrected chi connectivity index (χ4v) is 4.26. The number of aromatic nitrogens is 3. The van der Waals surface area contributed by atoms with Crippen molar-refractivity contribution in [2.24, 2.45) is 0 Å². The van der Waals surface area contributed by atoms with Crippen LogP contribution in [0.5, 0.6) is 11.8 Å². The maximum absolute atomic E-state index is 12.5. The fourth-order valence-electron chi connectivity index (χ4n) is 3.63. The number of rotatable bonds is 6. The highest BCUT2D eigenvalue weighted by Crippen LogP contribution is 2.38. The van der Waals surface area contributed by atoms with Crippen LogP contribution in [-0.4, -0.2) is 34.1 Å². The van der Waals surface area contributed by atoms with Crippen molar-refractivity contribution in [2.45, 2.75) is 13.5 Å². The van der Waals surface area contributed by atoms with Gasteiger partial charge in [0.1, 0.15) is 11.6 Å². The van der Waals surface area contributed by atoms with Gasteiger partial charge >= 0.3 is 12.6 Å². The van der Waals surface area contributed by atoms with Crippen molar-refractivity contribution in [1.82, 2.24) is 14.3 Å². The molecule has 0 bridgehead atoms. The third-order valence-electron chi connectivity index (χ3n) is 5.06. The number of hydrogen-bond acceptors (Lipinski definition) is 7. The van der Waals surface area contributed by atoms with E-state index in [1.165, 1.54) is 23.7 Å². The molecule has 0 unspecified atom stereocenters. The summed E-state index contributed by atoms with van der Waals surface area (Å²) < 4.78 is 40.4. The highest BCUT2D eigenvalue weighted by Gasteiger charge is 2.23. The van der Waals surface area contributed by atoms with Crippen LogP contribution in [0, 0.1) is 0 Å². The summed E-state index contributed by atoms with van der Waals surface area (Å²) >= 11 is 1.46. The van der Waals surface area contributed by atoms with Crippen LogP contribution in [0.25, 0.3) is 21.7 Å². The van der Waals surface area contributed by atoms with Gasteiger partial charge in [-0.05, 0) is 72.1 Å². The number of anilines is 2. The number of fused-ring (bicyclic) bond motifs is 2. The lowest BCUT2D eigenvalue weighted by Gasteiger charge is -2.30. The Labute approximate surface area is 186 Å². The molecule has 0 atom stereocenters. The van der Waals surface area contributed by atoms with Gasteiger partial charge in [0.05, 0.1) is 17.9 Å². The first-order valence-corrected chi connectivity index (χ1v) is 10.8. The molecule has 4 aromatic rings. The standard InChI is InChI=1S/C23H18F2N4O2S/c1-2-30-23-26-11-16-10-17(14-3-8-20-15(9-14)12-27-32-20)13-29(21(16)28-23)18-4-6-19(7-5-18)31-22(24)25/h3-12,22H,2,13H2,1H3. The largest absolute Gasteiger partial charge is 0.464 e. The van der Waals surface area contributed by atoms with Gasteiger partial charge in [-0.25, -0.2) is 4.98 Å². The molecule has 9 heteroatoms. The summed E-state index contributed by atoms with van der Waals surface area (Å²) in [4.78, 5) is 10.9. The van der Waals surface area contributed by atoms with Gasteiger partial charge in [-0.1, -0.05) is 6.07 Å². The monoisotopic (exact) mass is 452 g/mol. The Kier molecular flexibility index (Phi) is 5.40. The molecule has 2 aromatic carbocycles. The molecule has 2 aromatic heterocycles. The number of hydrogen-bond donors (Lipinski definition) is 0. The second-order valence-corrected chi connectivity index (χ2v) is 7.90. The van der Waals surface area contributed by atoms with Gasteiger partial charge in [0, 0.05) is 29.0 Å². The summed E-state index contributed by atoms with van der Waals surface area (Å²) in [7, 11) is 0. The van der Waals surface area contributed by atoms with E-state index < -0.39 is 6.61 Å². The molecule has 0 amide bonds. The highest BCUT2D eigenvalue weighted by atomic mass is 32.1. The Balaban J connectivity index is 1.56. The maximum atomic E-state index is 12.5. The van der Waals surface area contributed by atoms with Crippen molar-refractivity contribution in [3.63, 3.8) is 0 Å². The third kappa shape index (κ3) is 3.99. The molecule has 6 nitrogen and oxygen atoms in total. The second-order valence-electron chi connectivity index (χ2n) is 7.07. The number of benzene rings is 2. The molecule has 0 aliphatic carbocycles. The number of ether oxygens (including phenoxy) is 2. The van der Waals surface area contributed by atoms with E-state index in [-0.39, 0.29) is 11.8 Å². The zero-order valence-corrected chi connectivity index (χ0v) is 17.9. The van der Waals surface area contributed by atoms with Gasteiger partial charge in [-0.2, -0.15) is 18.1 Å². The molecule has 0 radical (unpaired) electrons. The maximum Gasteiger partial charge on any atom is 0.387 e. The Morgan fingerprint density at radius 1 is 1.12 bits per heavy atom. The molecule has 0 spiro atoms. The van der Waals surface area contributed by atoms with Gasteiger partial charge in [0.15, 0.2) is 0 Å². The molecule has 0 saturated heterocycles. The van der Waals surface area contributed by atoms with Gasteiger partial charge in [-0.15, -0.1) is 0 Å². The first-order chi connectivity index (χ1) is 15.6. The first kappa shape index (κ1) is 20.3. The zero-order chi connectivity index (χ0) is 22.1. The minimum atomic E-state index is -2.87. The highest BCUT2D eigenvalue weighted by molar-refractivity contribution is 7.13. The predicted octanol–water partition coefficient (Wildman–Crippen LogP) is 5.78. The minimum absolute atomic E-state index is 0.102. The van der Waals surface area contributed by atoms with E-state index in [2.05, 4.69) is 43.4 Å². The van der Waals surface area contributed by atoms with Crippen LogP contribution < -0.4 is 14.4 Å². The summed E-state index contributed by atoms with van der Waals surface area (Å²) in [6, 6.07) is 13.1. The molecule has 3 heterocycles. The van der Waals surface area contributed by atoms with Crippen molar-refractivity contribution in [1.29, 1.82) is 0 Å². The van der Waals surface area contributed by atoms with Crippen LogP contribution in [0.2, 0.25) is 0 Å². The van der Waals surface area contributed by atoms with Gasteiger partial charge in [-0.3, -0.25) is 0 Å². The van der Waals surface area contributed by atoms with Gasteiger partial charge in [0.2, 0.25) is 0 Å². The number of nitrogens with zero attached hydrogens (tertiary/aromatic N) is 4. The van der Waals surface area contributed by atoms with Crippen molar-refractivity contribution in [3.8, 4) is 11.8 Å². The van der Waals surface area contributed by atoms with E-state index in [0.717, 1.165) is 32.5 Å². The van der Waals surface area contributed by atoms with Crippen LogP contribution in [0.4, 0.5) is 20.3 Å². The van der Waals surface area contributed by atoms with Crippen molar-refractivity contribution in [2.75, 3.05) is 18.1 Å². The van der Waals surface area contributed by atoms with Crippen molar-refractivity contribution >= 4 is 44.8 Å². The molecule has 32 heavy (non-hydrogen) atoms. The van der Waals surface area contributed by atoms with Crippen LogP contribution in [0.1, 0.15) is 18.1 Å². The number of halogens is 2. The Morgan fingerprint density at radius 3 is 2.75 bits per heavy atom. The van der Waals surface area contributed by atoms with E-state index in [1.807, 2.05) is 18.0 Å². The summed E-state index contributed by atoms with van der Waals surface area (Å²) in [6.07, 6.45) is 5.66. The van der Waals surface area contributed by atoms with E-state index in [9.17, 15) is 8.78 Å². The topological polar surface area (TPSA) is 60.4 Å². The quantitative estimate of drug-likeness (QED) is 0.370. The molecular formula is C23H18F2N4O2S. The summed E-state index contributed by atoms with van der Waals surface area (Å²) in [5.74, 6) is 0.790. The molecule has 5 rings (SSSR count). The summed E-state index contributed by atoms with van der Waals surface area (Å²) in [5.41, 5.74) is 3.77. The smallest absolute Gasteiger partial charge is 0.387 e. The Hall–Kier alpha value is -3.59. The van der Waals surface area contributed by atoms with Gasteiger partial charge < -0.3 is 14.4 Å². The van der Waals surface area contributed by atoms with Crippen LogP contribution in [0.15, 0.2) is 54.9 Å². The van der Waals surface area contributed by atoms with E-state index in [1.54, 1.807) is 18.3 Å². The fraction of sp³-hybridized carbons (Fsp3) is 0.174. The van der Waals surface area contributed by atoms with Gasteiger partial charge in [0.25, 0.3) is 0 Å². The molecule has 0 fully saturated rings. The van der Waals surface area contributed by atoms with Crippen molar-refractivity contribution in [3.05, 3.63) is 66.0 Å². The summed E-state index contributed by atoms with van der Waals surface area (Å²) in [5, 5.41) is 1.09. The lowest BCUT2D eigenvalue weighted by Crippen LogP contribution is -2.25. The van der Waals surface area contributed by atoms with Crippen LogP contribution in [-0.2, 0) is 0 Å². The van der Waals surface area contributed by atoms with E-state index in [0.29, 0.717) is 19.0 Å². The average Bonchev–Trinajstić information content (AvgIpc) is 3.27. The summed E-state index contributed by atoms with van der Waals surface area (Å²) in [6.45, 7) is -0.00775. The predicted molar refractivity (Wildman–Crippen MR) is 121 cm³/mol. The molecule has 162 valence electrons. The SMILES string of the molecule is CCOc1ncc2c(n1)N(c1ccc(OC(F)F)cc1)CC(c1ccc3sncc3c1)=C2. The number of alkyl halides is 2. The molecule has 1 aliphatic rings. The van der Waals surface area contributed by atoms with Crippen LogP contribution >= 0.6 is 11.5 Å². The Morgan fingerprint density at radius 2 is 1.97 bits per heavy atom. The molecule has 0 N–H and O–H groups in total. The van der Waals surface area contributed by atoms with E-state index in [4.69, 9.17) is 4.74 Å². The Bertz CT molecular complexity index is 1290. The van der Waals surface area contributed by atoms with Crippen molar-refractivity contribution < 1.29 is 18.3 Å². The lowest BCUT2D eigenvalue weighted by atomic mass is 9.98. The third-order valence-corrected chi connectivity index (χ3v) is 5.84. The second kappa shape index (κ2) is 8.51.